The first kappa shape index (κ1) is 16.3. The first-order valence-electron chi connectivity index (χ1n) is 6.60. The fraction of sp³-hybridized carbons (Fsp3) is 0.429. The Morgan fingerprint density at radius 3 is 2.81 bits per heavy atom. The van der Waals surface area contributed by atoms with Gasteiger partial charge >= 0.3 is 0 Å². The summed E-state index contributed by atoms with van der Waals surface area (Å²) < 4.78 is 9.89. The summed E-state index contributed by atoms with van der Waals surface area (Å²) in [4.78, 5) is 1.94. The summed E-state index contributed by atoms with van der Waals surface area (Å²) in [6, 6.07) is 9.89. The fourth-order valence-electron chi connectivity index (χ4n) is 1.91. The van der Waals surface area contributed by atoms with Crippen LogP contribution in [0.1, 0.15) is 11.3 Å². The van der Waals surface area contributed by atoms with Gasteiger partial charge in [-0.05, 0) is 12.6 Å². The van der Waals surface area contributed by atoms with Gasteiger partial charge in [-0.1, -0.05) is 46.4 Å². The minimum absolute atomic E-state index is 0.294. The molecule has 5 nitrogen and oxygen atoms in total. The molecule has 0 saturated heterocycles. The topological polar surface area (TPSA) is 58.5 Å². The number of halogens is 1. The summed E-state index contributed by atoms with van der Waals surface area (Å²) in [7, 11) is 1.90. The van der Waals surface area contributed by atoms with E-state index >= 15 is 0 Å². The van der Waals surface area contributed by atoms with E-state index in [9.17, 15) is 5.11 Å². The summed E-state index contributed by atoms with van der Waals surface area (Å²) in [5.74, 6) is 0. The Morgan fingerprint density at radius 2 is 2.14 bits per heavy atom. The van der Waals surface area contributed by atoms with Crippen molar-refractivity contribution in [2.45, 2.75) is 19.3 Å². The van der Waals surface area contributed by atoms with Gasteiger partial charge in [-0.15, -0.1) is 5.10 Å². The van der Waals surface area contributed by atoms with Crippen LogP contribution in [0.2, 0.25) is 4.34 Å². The lowest BCUT2D eigenvalue weighted by atomic mass is 10.2. The molecular formula is C14H18ClN3O2S. The molecule has 0 amide bonds. The van der Waals surface area contributed by atoms with E-state index in [4.69, 9.17) is 16.3 Å². The third-order valence-electron chi connectivity index (χ3n) is 2.87. The second-order valence-electron chi connectivity index (χ2n) is 4.84. The van der Waals surface area contributed by atoms with E-state index in [-0.39, 0.29) is 0 Å². The third kappa shape index (κ3) is 5.68. The average molecular weight is 328 g/mol. The summed E-state index contributed by atoms with van der Waals surface area (Å²) in [6.07, 6.45) is -0.552. The molecule has 0 aliphatic heterocycles. The van der Waals surface area contributed by atoms with Crippen LogP contribution in [-0.2, 0) is 17.9 Å². The average Bonchev–Trinajstić information content (AvgIpc) is 2.85. The van der Waals surface area contributed by atoms with E-state index in [1.54, 1.807) is 0 Å². The Bertz CT molecular complexity index is 538. The standard InChI is InChI=1S/C14H18ClN3O2S/c1-18(8-13-14(15)21-17-16-13)7-12(19)10-20-9-11-5-3-2-4-6-11/h2-6,12,19H,7-10H2,1H3. The Balaban J connectivity index is 1.67. The first-order valence-corrected chi connectivity index (χ1v) is 7.75. The van der Waals surface area contributed by atoms with E-state index in [1.165, 1.54) is 11.5 Å². The van der Waals surface area contributed by atoms with Gasteiger partial charge in [0.05, 0.1) is 19.3 Å². The number of hydrogen-bond acceptors (Lipinski definition) is 6. The second-order valence-corrected chi connectivity index (χ2v) is 6.20. The summed E-state index contributed by atoms with van der Waals surface area (Å²) in [5.41, 5.74) is 1.83. The molecule has 1 atom stereocenters. The van der Waals surface area contributed by atoms with Crippen molar-refractivity contribution in [1.82, 2.24) is 14.5 Å². The molecule has 0 bridgehead atoms. The van der Waals surface area contributed by atoms with E-state index in [0.29, 0.717) is 30.6 Å². The number of hydrogen-bond donors (Lipinski definition) is 1. The van der Waals surface area contributed by atoms with Crippen molar-refractivity contribution in [2.75, 3.05) is 20.2 Å². The second kappa shape index (κ2) is 8.41. The van der Waals surface area contributed by atoms with E-state index in [2.05, 4.69) is 9.59 Å². The van der Waals surface area contributed by atoms with E-state index in [1.807, 2.05) is 42.3 Å². The van der Waals surface area contributed by atoms with Crippen LogP contribution in [0.5, 0.6) is 0 Å². The molecule has 0 aliphatic rings. The lowest BCUT2D eigenvalue weighted by molar-refractivity contribution is 0.0126. The maximum atomic E-state index is 9.96. The zero-order valence-electron chi connectivity index (χ0n) is 11.8. The van der Waals surface area contributed by atoms with Crippen LogP contribution in [-0.4, -0.2) is 45.9 Å². The van der Waals surface area contributed by atoms with Crippen LogP contribution >= 0.6 is 23.1 Å². The maximum Gasteiger partial charge on any atom is 0.138 e. The van der Waals surface area contributed by atoms with Crippen molar-refractivity contribution < 1.29 is 9.84 Å². The SMILES string of the molecule is CN(Cc1nnsc1Cl)CC(O)COCc1ccccc1. The van der Waals surface area contributed by atoms with Crippen LogP contribution < -0.4 is 0 Å². The number of aromatic nitrogens is 2. The minimum Gasteiger partial charge on any atom is -0.389 e. The summed E-state index contributed by atoms with van der Waals surface area (Å²) in [5, 5.41) is 13.9. The van der Waals surface area contributed by atoms with Crippen LogP contribution in [0.4, 0.5) is 0 Å². The lowest BCUT2D eigenvalue weighted by Gasteiger charge is -2.19. The zero-order chi connectivity index (χ0) is 15.1. The lowest BCUT2D eigenvalue weighted by Crippen LogP contribution is -2.32. The highest BCUT2D eigenvalue weighted by Crippen LogP contribution is 2.18. The molecule has 1 aromatic carbocycles. The predicted octanol–water partition coefficient (Wildman–Crippen LogP) is 2.20. The molecule has 0 spiro atoms. The normalized spacial score (nSPS) is 12.8. The highest BCUT2D eigenvalue weighted by molar-refractivity contribution is 7.10. The number of rotatable bonds is 8. The highest BCUT2D eigenvalue weighted by atomic mass is 35.5. The van der Waals surface area contributed by atoms with Crippen LogP contribution in [0, 0.1) is 0 Å². The molecule has 0 aliphatic carbocycles. The molecule has 7 heteroatoms. The molecule has 1 unspecified atom stereocenters. The molecule has 114 valence electrons. The van der Waals surface area contributed by atoms with Gasteiger partial charge in [-0.2, -0.15) is 0 Å². The highest BCUT2D eigenvalue weighted by Gasteiger charge is 2.12. The van der Waals surface area contributed by atoms with Gasteiger partial charge in [0.1, 0.15) is 10.0 Å². The Morgan fingerprint density at radius 1 is 1.38 bits per heavy atom. The number of benzene rings is 1. The first-order chi connectivity index (χ1) is 10.1. The van der Waals surface area contributed by atoms with Gasteiger partial charge in [0.25, 0.3) is 0 Å². The summed E-state index contributed by atoms with van der Waals surface area (Å²) in [6.45, 7) is 1.85. The van der Waals surface area contributed by atoms with Gasteiger partial charge in [0.2, 0.25) is 0 Å². The van der Waals surface area contributed by atoms with Crippen LogP contribution in [0.3, 0.4) is 0 Å². The fourth-order valence-corrected chi connectivity index (χ4v) is 2.52. The van der Waals surface area contributed by atoms with Crippen molar-refractivity contribution in [1.29, 1.82) is 0 Å². The molecule has 1 N–H and O–H groups in total. The maximum absolute atomic E-state index is 9.96. The Kier molecular flexibility index (Phi) is 6.53. The summed E-state index contributed by atoms with van der Waals surface area (Å²) >= 11 is 7.12. The van der Waals surface area contributed by atoms with Crippen molar-refractivity contribution >= 4 is 23.1 Å². The third-order valence-corrected chi connectivity index (χ3v) is 3.86. The van der Waals surface area contributed by atoms with E-state index in [0.717, 1.165) is 11.3 Å². The monoisotopic (exact) mass is 327 g/mol. The minimum atomic E-state index is -0.552. The molecule has 1 aromatic heterocycles. The van der Waals surface area contributed by atoms with Crippen molar-refractivity contribution in [3.8, 4) is 0 Å². The number of aliphatic hydroxyl groups is 1. The molecule has 1 heterocycles. The number of likely N-dealkylation sites (N-methyl/N-ethyl adjacent to an activating group) is 1. The quantitative estimate of drug-likeness (QED) is 0.805. The molecule has 2 aromatic rings. The van der Waals surface area contributed by atoms with Crippen molar-refractivity contribution in [2.24, 2.45) is 0 Å². The smallest absolute Gasteiger partial charge is 0.138 e. The number of aliphatic hydroxyl groups excluding tert-OH is 1. The Labute approximate surface area is 133 Å². The van der Waals surface area contributed by atoms with Crippen molar-refractivity contribution in [3.63, 3.8) is 0 Å². The molecule has 0 fully saturated rings. The molecule has 0 saturated carbocycles. The number of nitrogens with zero attached hydrogens (tertiary/aromatic N) is 3. The van der Waals surface area contributed by atoms with Gasteiger partial charge in [-0.3, -0.25) is 4.90 Å². The molecule has 21 heavy (non-hydrogen) atoms. The van der Waals surface area contributed by atoms with Gasteiger partial charge in [-0.25, -0.2) is 0 Å². The van der Waals surface area contributed by atoms with Crippen molar-refractivity contribution in [3.05, 3.63) is 45.9 Å². The van der Waals surface area contributed by atoms with Gasteiger partial charge < -0.3 is 9.84 Å². The van der Waals surface area contributed by atoms with Crippen LogP contribution in [0.25, 0.3) is 0 Å². The molecule has 2 rings (SSSR count). The van der Waals surface area contributed by atoms with Gasteiger partial charge in [0, 0.05) is 24.6 Å². The van der Waals surface area contributed by atoms with E-state index < -0.39 is 6.10 Å². The zero-order valence-corrected chi connectivity index (χ0v) is 13.3. The van der Waals surface area contributed by atoms with Crippen LogP contribution in [0.15, 0.2) is 30.3 Å². The Hall–Kier alpha value is -1.05. The predicted molar refractivity (Wildman–Crippen MR) is 83.4 cm³/mol. The number of ether oxygens (including phenoxy) is 1. The largest absolute Gasteiger partial charge is 0.389 e. The molecule has 0 radical (unpaired) electrons. The molecular weight excluding hydrogens is 310 g/mol. The van der Waals surface area contributed by atoms with Gasteiger partial charge in [0.15, 0.2) is 0 Å².